The summed E-state index contributed by atoms with van der Waals surface area (Å²) in [6, 6.07) is 9.17. The number of carboxylic acids is 1. The number of aliphatic carboxylic acids is 1. The van der Waals surface area contributed by atoms with Gasteiger partial charge in [0.2, 0.25) is 0 Å². The molecule has 1 saturated heterocycles. The maximum Gasteiger partial charge on any atom is 0.410 e. The molecule has 8 nitrogen and oxygen atoms in total. The zero-order valence-corrected chi connectivity index (χ0v) is 15.2. The lowest BCUT2D eigenvalue weighted by atomic mass is 9.99. The van der Waals surface area contributed by atoms with Gasteiger partial charge in [0.15, 0.2) is 5.54 Å². The van der Waals surface area contributed by atoms with Gasteiger partial charge in [-0.3, -0.25) is 0 Å². The van der Waals surface area contributed by atoms with Crippen LogP contribution in [0.25, 0.3) is 0 Å². The number of benzene rings is 1. The lowest BCUT2D eigenvalue weighted by Crippen LogP contribution is -2.57. The molecule has 0 saturated carbocycles. The number of nitrogens with one attached hydrogen (secondary N) is 1. The zero-order valence-electron chi connectivity index (χ0n) is 15.2. The molecule has 8 heteroatoms. The van der Waals surface area contributed by atoms with Crippen molar-refractivity contribution in [1.29, 1.82) is 0 Å². The monoisotopic (exact) mass is 364 g/mol. The summed E-state index contributed by atoms with van der Waals surface area (Å²) in [5.41, 5.74) is -1.51. The van der Waals surface area contributed by atoms with Gasteiger partial charge >= 0.3 is 18.2 Å². The molecule has 1 heterocycles. The van der Waals surface area contributed by atoms with Crippen molar-refractivity contribution in [2.75, 3.05) is 13.1 Å². The van der Waals surface area contributed by atoms with E-state index in [2.05, 4.69) is 5.32 Å². The largest absolute Gasteiger partial charge is 0.479 e. The second kappa shape index (κ2) is 7.63. The highest BCUT2D eigenvalue weighted by molar-refractivity contribution is 5.86. The standard InChI is InChI=1S/C18H24N2O6/c1-17(2,3)26-15(23)19-18(14(21)22)9-10-20(12-18)16(24)25-11-13-7-5-4-6-8-13/h4-8H,9-12H2,1-3H3,(H,19,23)(H,21,22). The fourth-order valence-corrected chi connectivity index (χ4v) is 2.61. The number of rotatable bonds is 4. The first-order valence-corrected chi connectivity index (χ1v) is 8.31. The summed E-state index contributed by atoms with van der Waals surface area (Å²) in [5, 5.41) is 12.0. The first-order chi connectivity index (χ1) is 12.1. The molecule has 1 aromatic rings. The second-order valence-electron chi connectivity index (χ2n) is 7.23. The van der Waals surface area contributed by atoms with Crippen LogP contribution in [0.1, 0.15) is 32.8 Å². The molecule has 142 valence electrons. The van der Waals surface area contributed by atoms with E-state index in [1.165, 1.54) is 4.90 Å². The first kappa shape index (κ1) is 19.6. The van der Waals surface area contributed by atoms with Crippen LogP contribution in [0.4, 0.5) is 9.59 Å². The fraction of sp³-hybridized carbons (Fsp3) is 0.500. The average molecular weight is 364 g/mol. The molecular weight excluding hydrogens is 340 g/mol. The Morgan fingerprint density at radius 3 is 2.46 bits per heavy atom. The van der Waals surface area contributed by atoms with E-state index in [9.17, 15) is 19.5 Å². The molecule has 1 aromatic carbocycles. The zero-order chi connectivity index (χ0) is 19.4. The van der Waals surface area contributed by atoms with Crippen LogP contribution in [-0.2, 0) is 20.9 Å². The molecule has 0 spiro atoms. The van der Waals surface area contributed by atoms with Gasteiger partial charge in [0, 0.05) is 13.0 Å². The lowest BCUT2D eigenvalue weighted by molar-refractivity contribution is -0.144. The Labute approximate surface area is 152 Å². The molecule has 26 heavy (non-hydrogen) atoms. The molecule has 2 amide bonds. The van der Waals surface area contributed by atoms with E-state index in [0.29, 0.717) is 0 Å². The van der Waals surface area contributed by atoms with Gasteiger partial charge in [0.05, 0.1) is 6.54 Å². The van der Waals surface area contributed by atoms with Gasteiger partial charge < -0.3 is 24.8 Å². The minimum Gasteiger partial charge on any atom is -0.479 e. The Kier molecular flexibility index (Phi) is 5.74. The van der Waals surface area contributed by atoms with Crippen LogP contribution in [-0.4, -0.2) is 52.4 Å². The van der Waals surface area contributed by atoms with E-state index in [-0.39, 0.29) is 26.1 Å². The Morgan fingerprint density at radius 2 is 1.88 bits per heavy atom. The number of alkyl carbamates (subject to hydrolysis) is 1. The Bertz CT molecular complexity index is 670. The predicted octanol–water partition coefficient (Wildman–Crippen LogP) is 2.38. The molecule has 1 aliphatic heterocycles. The number of likely N-dealkylation sites (tertiary alicyclic amines) is 1. The lowest BCUT2D eigenvalue weighted by Gasteiger charge is -2.28. The van der Waals surface area contributed by atoms with E-state index in [0.717, 1.165) is 5.56 Å². The number of carbonyl (C=O) groups excluding carboxylic acids is 2. The van der Waals surface area contributed by atoms with Crippen molar-refractivity contribution in [2.24, 2.45) is 0 Å². The predicted molar refractivity (Wildman–Crippen MR) is 92.6 cm³/mol. The van der Waals surface area contributed by atoms with Gasteiger partial charge in [-0.15, -0.1) is 0 Å². The minimum atomic E-state index is -1.59. The van der Waals surface area contributed by atoms with Crippen LogP contribution < -0.4 is 5.32 Å². The molecule has 0 radical (unpaired) electrons. The second-order valence-corrected chi connectivity index (χ2v) is 7.23. The van der Waals surface area contributed by atoms with E-state index in [1.807, 2.05) is 30.3 Å². The Morgan fingerprint density at radius 1 is 1.23 bits per heavy atom. The average Bonchev–Trinajstić information content (AvgIpc) is 2.97. The molecule has 1 unspecified atom stereocenters. The first-order valence-electron chi connectivity index (χ1n) is 8.31. The number of carbonyl (C=O) groups is 3. The van der Waals surface area contributed by atoms with Crippen LogP contribution in [0.3, 0.4) is 0 Å². The van der Waals surface area contributed by atoms with Gasteiger partial charge in [-0.05, 0) is 26.3 Å². The highest BCUT2D eigenvalue weighted by Crippen LogP contribution is 2.24. The summed E-state index contributed by atoms with van der Waals surface area (Å²) in [6.45, 7) is 5.12. The van der Waals surface area contributed by atoms with E-state index >= 15 is 0 Å². The third-order valence-electron chi connectivity index (χ3n) is 3.88. The van der Waals surface area contributed by atoms with Crippen LogP contribution in [0, 0.1) is 0 Å². The van der Waals surface area contributed by atoms with Crippen LogP contribution in [0.15, 0.2) is 30.3 Å². The van der Waals surface area contributed by atoms with Gasteiger partial charge in [-0.25, -0.2) is 14.4 Å². The summed E-state index contributed by atoms with van der Waals surface area (Å²) in [6.07, 6.45) is -1.38. The van der Waals surface area contributed by atoms with Gasteiger partial charge in [-0.2, -0.15) is 0 Å². The highest BCUT2D eigenvalue weighted by Gasteiger charge is 2.48. The Hall–Kier alpha value is -2.77. The summed E-state index contributed by atoms with van der Waals surface area (Å²) in [5.74, 6) is -1.22. The molecule has 0 aromatic heterocycles. The summed E-state index contributed by atoms with van der Waals surface area (Å²) in [4.78, 5) is 37.2. The number of amides is 2. The number of hydrogen-bond donors (Lipinski definition) is 2. The normalized spacial score (nSPS) is 19.7. The van der Waals surface area contributed by atoms with Crippen LogP contribution >= 0.6 is 0 Å². The number of hydrogen-bond acceptors (Lipinski definition) is 5. The molecule has 1 fully saturated rings. The molecule has 0 aliphatic carbocycles. The van der Waals surface area contributed by atoms with E-state index in [1.54, 1.807) is 20.8 Å². The van der Waals surface area contributed by atoms with Gasteiger partial charge in [0.25, 0.3) is 0 Å². The van der Waals surface area contributed by atoms with Crippen molar-refractivity contribution >= 4 is 18.2 Å². The van der Waals surface area contributed by atoms with Crippen molar-refractivity contribution in [3.05, 3.63) is 35.9 Å². The number of nitrogens with zero attached hydrogens (tertiary/aromatic N) is 1. The quantitative estimate of drug-likeness (QED) is 0.850. The summed E-state index contributed by atoms with van der Waals surface area (Å²) in [7, 11) is 0. The molecule has 0 bridgehead atoms. The topological polar surface area (TPSA) is 105 Å². The van der Waals surface area contributed by atoms with Crippen molar-refractivity contribution in [2.45, 2.75) is 44.9 Å². The maximum atomic E-state index is 12.2. The van der Waals surface area contributed by atoms with Crippen LogP contribution in [0.2, 0.25) is 0 Å². The smallest absolute Gasteiger partial charge is 0.410 e. The van der Waals surface area contributed by atoms with Gasteiger partial charge in [-0.1, -0.05) is 30.3 Å². The van der Waals surface area contributed by atoms with Crippen LogP contribution in [0.5, 0.6) is 0 Å². The van der Waals surface area contributed by atoms with Crippen molar-refractivity contribution in [1.82, 2.24) is 10.2 Å². The number of carboxylic acid groups (broad SMARTS) is 1. The molecular formula is C18H24N2O6. The van der Waals surface area contributed by atoms with E-state index in [4.69, 9.17) is 9.47 Å². The van der Waals surface area contributed by atoms with Crippen molar-refractivity contribution in [3.63, 3.8) is 0 Å². The number of ether oxygens (including phenoxy) is 2. The van der Waals surface area contributed by atoms with Crippen molar-refractivity contribution < 1.29 is 29.0 Å². The van der Waals surface area contributed by atoms with Gasteiger partial charge in [0.1, 0.15) is 12.2 Å². The maximum absolute atomic E-state index is 12.2. The SMILES string of the molecule is CC(C)(C)OC(=O)NC1(C(=O)O)CCN(C(=O)OCc2ccccc2)C1. The highest BCUT2D eigenvalue weighted by atomic mass is 16.6. The Balaban J connectivity index is 1.96. The van der Waals surface area contributed by atoms with Crippen molar-refractivity contribution in [3.8, 4) is 0 Å². The third-order valence-corrected chi connectivity index (χ3v) is 3.88. The molecule has 1 aliphatic rings. The summed E-state index contributed by atoms with van der Waals surface area (Å²) < 4.78 is 10.3. The van der Waals surface area contributed by atoms with E-state index < -0.39 is 29.3 Å². The molecule has 2 rings (SSSR count). The molecule has 2 N–H and O–H groups in total. The minimum absolute atomic E-state index is 0.0714. The summed E-state index contributed by atoms with van der Waals surface area (Å²) >= 11 is 0. The fourth-order valence-electron chi connectivity index (χ4n) is 2.61. The third kappa shape index (κ3) is 5.11. The molecule has 1 atom stereocenters.